The fourth-order valence-electron chi connectivity index (χ4n) is 7.00. The molecule has 48 heavy (non-hydrogen) atoms. The molecule has 224 valence electrons. The molecule has 0 saturated heterocycles. The average Bonchev–Trinajstić information content (AvgIpc) is 3.73. The van der Waals surface area contributed by atoms with Gasteiger partial charge in [-0.2, -0.15) is 0 Å². The maximum Gasteiger partial charge on any atom is 0.167 e. The van der Waals surface area contributed by atoms with Crippen LogP contribution in [0, 0.1) is 0 Å². The summed E-state index contributed by atoms with van der Waals surface area (Å²) in [5.74, 6) is 1.76. The molecule has 0 saturated carbocycles. The lowest BCUT2D eigenvalue weighted by molar-refractivity contribution is 0.669. The number of hydrogen-bond donors (Lipinski definition) is 0. The van der Waals surface area contributed by atoms with E-state index in [9.17, 15) is 0 Å². The fraction of sp³-hybridized carbons (Fsp3) is 0. The van der Waals surface area contributed by atoms with E-state index in [1.54, 1.807) is 0 Å². The highest BCUT2D eigenvalue weighted by atomic mass is 16.3. The Morgan fingerprint density at radius 1 is 0.312 bits per heavy atom. The van der Waals surface area contributed by atoms with Crippen molar-refractivity contribution in [3.63, 3.8) is 0 Å². The molecule has 0 amide bonds. The topological polar surface area (TPSA) is 65.0 Å². The number of fused-ring (bicyclic) bond motifs is 7. The van der Waals surface area contributed by atoms with Gasteiger partial charge in [-0.15, -0.1) is 0 Å². The van der Waals surface area contributed by atoms with Gasteiger partial charge < -0.3 is 8.83 Å². The van der Waals surface area contributed by atoms with Crippen LogP contribution < -0.4 is 0 Å². The molecule has 0 unspecified atom stereocenters. The number of hydrogen-bond acceptors (Lipinski definition) is 5. The normalized spacial score (nSPS) is 11.8. The van der Waals surface area contributed by atoms with E-state index >= 15 is 0 Å². The number of furan rings is 2. The van der Waals surface area contributed by atoms with Gasteiger partial charge >= 0.3 is 0 Å². The Morgan fingerprint density at radius 3 is 1.65 bits per heavy atom. The van der Waals surface area contributed by atoms with Crippen LogP contribution in [0.1, 0.15) is 0 Å². The number of nitrogens with zero attached hydrogens (tertiary/aromatic N) is 3. The zero-order chi connectivity index (χ0) is 31.6. The van der Waals surface area contributed by atoms with E-state index < -0.39 is 0 Å². The molecule has 0 aliphatic carbocycles. The van der Waals surface area contributed by atoms with Gasteiger partial charge in [0, 0.05) is 32.7 Å². The fourth-order valence-corrected chi connectivity index (χ4v) is 7.00. The van der Waals surface area contributed by atoms with Gasteiger partial charge in [0.1, 0.15) is 22.3 Å². The lowest BCUT2D eigenvalue weighted by Gasteiger charge is -2.13. The van der Waals surface area contributed by atoms with E-state index in [0.717, 1.165) is 82.5 Å². The van der Waals surface area contributed by atoms with Crippen LogP contribution in [-0.2, 0) is 0 Å². The predicted octanol–water partition coefficient (Wildman–Crippen LogP) is 11.5. The number of aromatic nitrogens is 3. The third kappa shape index (κ3) is 4.08. The highest BCUT2D eigenvalue weighted by Gasteiger charge is 2.20. The highest BCUT2D eigenvalue weighted by molar-refractivity contribution is 6.16. The van der Waals surface area contributed by atoms with Crippen molar-refractivity contribution >= 4 is 54.6 Å². The second-order valence-electron chi connectivity index (χ2n) is 11.9. The van der Waals surface area contributed by atoms with Crippen LogP contribution >= 0.6 is 0 Å². The summed E-state index contributed by atoms with van der Waals surface area (Å²) in [6.45, 7) is 0. The van der Waals surface area contributed by atoms with Crippen LogP contribution in [0.3, 0.4) is 0 Å². The van der Waals surface area contributed by atoms with Crippen LogP contribution in [0.2, 0.25) is 0 Å². The summed E-state index contributed by atoms with van der Waals surface area (Å²) in [5.41, 5.74) is 8.26. The Balaban J connectivity index is 1.22. The maximum atomic E-state index is 6.42. The molecule has 7 aromatic carbocycles. The molecule has 5 nitrogen and oxygen atoms in total. The minimum absolute atomic E-state index is 0.561. The summed E-state index contributed by atoms with van der Waals surface area (Å²) < 4.78 is 12.7. The first-order chi connectivity index (χ1) is 23.8. The summed E-state index contributed by atoms with van der Waals surface area (Å²) in [4.78, 5) is 15.3. The first kappa shape index (κ1) is 26.6. The number of benzene rings is 7. The first-order valence-corrected chi connectivity index (χ1v) is 15.9. The SMILES string of the molecule is c1ccc(-c2nc(-c3cccc4c(-c5cccc6oc7ccccc7c56)cccc34)nc(-c3cccc4c3oc3ccccc34)n2)cc1. The van der Waals surface area contributed by atoms with Crippen molar-refractivity contribution in [1.82, 2.24) is 15.0 Å². The van der Waals surface area contributed by atoms with Crippen molar-refractivity contribution in [2.24, 2.45) is 0 Å². The largest absolute Gasteiger partial charge is 0.456 e. The van der Waals surface area contributed by atoms with Gasteiger partial charge in [-0.05, 0) is 46.2 Å². The van der Waals surface area contributed by atoms with Gasteiger partial charge in [0.05, 0.1) is 5.56 Å². The van der Waals surface area contributed by atoms with Crippen LogP contribution in [0.15, 0.2) is 160 Å². The Morgan fingerprint density at radius 2 is 0.833 bits per heavy atom. The minimum atomic E-state index is 0.561. The van der Waals surface area contributed by atoms with Crippen molar-refractivity contribution in [2.75, 3.05) is 0 Å². The van der Waals surface area contributed by atoms with Crippen molar-refractivity contribution < 1.29 is 8.83 Å². The van der Waals surface area contributed by atoms with Crippen LogP contribution in [0.4, 0.5) is 0 Å². The van der Waals surface area contributed by atoms with E-state index in [-0.39, 0.29) is 0 Å². The summed E-state index contributed by atoms with van der Waals surface area (Å²) in [6.07, 6.45) is 0. The summed E-state index contributed by atoms with van der Waals surface area (Å²) in [6, 6.07) is 51.6. The van der Waals surface area contributed by atoms with Gasteiger partial charge in [-0.3, -0.25) is 0 Å². The van der Waals surface area contributed by atoms with Gasteiger partial charge in [-0.1, -0.05) is 127 Å². The molecule has 5 heteroatoms. The summed E-state index contributed by atoms with van der Waals surface area (Å²) >= 11 is 0. The van der Waals surface area contributed by atoms with E-state index in [4.69, 9.17) is 23.8 Å². The molecule has 0 aliphatic rings. The molecule has 3 aromatic heterocycles. The smallest absolute Gasteiger partial charge is 0.167 e. The van der Waals surface area contributed by atoms with Crippen molar-refractivity contribution in [3.05, 3.63) is 152 Å². The lowest BCUT2D eigenvalue weighted by atomic mass is 9.93. The number of rotatable bonds is 4. The Kier molecular flexibility index (Phi) is 5.81. The molecule has 0 fully saturated rings. The van der Waals surface area contributed by atoms with E-state index in [1.165, 1.54) is 0 Å². The molecule has 0 aliphatic heterocycles. The highest BCUT2D eigenvalue weighted by Crippen LogP contribution is 2.41. The second kappa shape index (κ2) is 10.5. The van der Waals surface area contributed by atoms with Crippen molar-refractivity contribution in [1.29, 1.82) is 0 Å². The van der Waals surface area contributed by atoms with Gasteiger partial charge in [0.25, 0.3) is 0 Å². The first-order valence-electron chi connectivity index (χ1n) is 15.9. The molecule has 10 rings (SSSR count). The molecule has 3 heterocycles. The Labute approximate surface area is 274 Å². The van der Waals surface area contributed by atoms with E-state index in [2.05, 4.69) is 72.8 Å². The third-order valence-electron chi connectivity index (χ3n) is 9.17. The van der Waals surface area contributed by atoms with E-state index in [0.29, 0.717) is 17.5 Å². The van der Waals surface area contributed by atoms with Crippen LogP contribution in [0.5, 0.6) is 0 Å². The maximum absolute atomic E-state index is 6.42. The summed E-state index contributed by atoms with van der Waals surface area (Å²) in [7, 11) is 0. The molecule has 0 atom stereocenters. The predicted molar refractivity (Wildman–Crippen MR) is 194 cm³/mol. The zero-order valence-electron chi connectivity index (χ0n) is 25.6. The third-order valence-corrected chi connectivity index (χ3v) is 9.17. The standard InChI is InChI=1S/C43H25N3O2/c1-2-12-26(13-3-1)41-44-42(46-43(45-41)35-22-10-20-32-30-14-4-6-23-36(30)48-40(32)35)33-21-9-16-27-28(17-8-18-29(27)33)31-19-11-25-38-39(31)34-15-5-7-24-37(34)47-38/h1-25H. The van der Waals surface area contributed by atoms with Crippen molar-refractivity contribution in [3.8, 4) is 45.3 Å². The average molecular weight is 616 g/mol. The molecular weight excluding hydrogens is 590 g/mol. The second-order valence-corrected chi connectivity index (χ2v) is 11.9. The van der Waals surface area contributed by atoms with Gasteiger partial charge in [0.2, 0.25) is 0 Å². The molecule has 0 N–H and O–H groups in total. The minimum Gasteiger partial charge on any atom is -0.456 e. The molecule has 0 spiro atoms. The Hall–Kier alpha value is -6.59. The molecule has 10 aromatic rings. The van der Waals surface area contributed by atoms with Crippen LogP contribution in [0.25, 0.3) is 99.9 Å². The molecule has 0 radical (unpaired) electrons. The molecule has 0 bridgehead atoms. The Bertz CT molecular complexity index is 2850. The van der Waals surface area contributed by atoms with Crippen LogP contribution in [-0.4, -0.2) is 15.0 Å². The van der Waals surface area contributed by atoms with E-state index in [1.807, 2.05) is 78.9 Å². The van der Waals surface area contributed by atoms with Gasteiger partial charge in [-0.25, -0.2) is 15.0 Å². The lowest BCUT2D eigenvalue weighted by Crippen LogP contribution is -2.00. The van der Waals surface area contributed by atoms with Crippen molar-refractivity contribution in [2.45, 2.75) is 0 Å². The molecular formula is C43H25N3O2. The van der Waals surface area contributed by atoms with Gasteiger partial charge in [0.15, 0.2) is 17.5 Å². The summed E-state index contributed by atoms with van der Waals surface area (Å²) in [5, 5.41) is 6.47. The monoisotopic (exact) mass is 615 g/mol. The quantitative estimate of drug-likeness (QED) is 0.197. The zero-order valence-corrected chi connectivity index (χ0v) is 25.6. The number of para-hydroxylation sites is 3.